The molecular weight excluding hydrogens is 307 g/mol. The smallest absolute Gasteiger partial charge is 0.119 e. The van der Waals surface area contributed by atoms with E-state index in [1.807, 2.05) is 6.07 Å². The molecule has 21 heavy (non-hydrogen) atoms. The summed E-state index contributed by atoms with van der Waals surface area (Å²) >= 11 is 0. The molecule has 2 fully saturated rings. The third-order valence-electron chi connectivity index (χ3n) is 4.58. The predicted octanol–water partition coefficient (Wildman–Crippen LogP) is 3.29. The molecular formula is C16H26Cl2N2O. The van der Waals surface area contributed by atoms with Gasteiger partial charge in [0.15, 0.2) is 0 Å². The van der Waals surface area contributed by atoms with E-state index in [4.69, 9.17) is 4.74 Å². The Morgan fingerprint density at radius 3 is 2.48 bits per heavy atom. The molecule has 1 N–H and O–H groups in total. The van der Waals surface area contributed by atoms with Gasteiger partial charge in [-0.2, -0.15) is 0 Å². The van der Waals surface area contributed by atoms with Gasteiger partial charge in [-0.3, -0.25) is 4.90 Å². The third kappa shape index (κ3) is 4.26. The van der Waals surface area contributed by atoms with E-state index < -0.39 is 0 Å². The highest BCUT2D eigenvalue weighted by Gasteiger charge is 2.33. The van der Waals surface area contributed by atoms with E-state index in [9.17, 15) is 0 Å². The number of rotatable bonds is 4. The van der Waals surface area contributed by atoms with Gasteiger partial charge in [0.2, 0.25) is 0 Å². The van der Waals surface area contributed by atoms with Gasteiger partial charge in [-0.1, -0.05) is 18.6 Å². The molecule has 1 aromatic carbocycles. The number of nitrogens with zero attached hydrogens (tertiary/aromatic N) is 1. The van der Waals surface area contributed by atoms with Gasteiger partial charge in [-0.25, -0.2) is 0 Å². The second-order valence-corrected chi connectivity index (χ2v) is 5.70. The Morgan fingerprint density at radius 2 is 1.90 bits per heavy atom. The zero-order valence-electron chi connectivity index (χ0n) is 12.6. The molecule has 1 aliphatic carbocycles. The van der Waals surface area contributed by atoms with E-state index >= 15 is 0 Å². The first kappa shape index (κ1) is 18.6. The van der Waals surface area contributed by atoms with Gasteiger partial charge in [-0.15, -0.1) is 24.8 Å². The Hall–Kier alpha value is -0.480. The molecule has 120 valence electrons. The van der Waals surface area contributed by atoms with Crippen molar-refractivity contribution in [1.82, 2.24) is 10.2 Å². The summed E-state index contributed by atoms with van der Waals surface area (Å²) in [6, 6.07) is 9.26. The number of hydrogen-bond acceptors (Lipinski definition) is 3. The van der Waals surface area contributed by atoms with Crippen molar-refractivity contribution in [1.29, 1.82) is 0 Å². The molecule has 1 aromatic rings. The maximum atomic E-state index is 5.39. The van der Waals surface area contributed by atoms with Crippen molar-refractivity contribution in [3.8, 4) is 5.75 Å². The lowest BCUT2D eigenvalue weighted by molar-refractivity contribution is 0.0836. The van der Waals surface area contributed by atoms with Gasteiger partial charge in [0.05, 0.1) is 7.11 Å². The zero-order valence-corrected chi connectivity index (χ0v) is 14.2. The van der Waals surface area contributed by atoms with Crippen LogP contribution in [0.1, 0.15) is 30.9 Å². The van der Waals surface area contributed by atoms with Gasteiger partial charge < -0.3 is 10.1 Å². The third-order valence-corrected chi connectivity index (χ3v) is 4.58. The highest BCUT2D eigenvalue weighted by molar-refractivity contribution is 5.85. The van der Waals surface area contributed by atoms with E-state index in [-0.39, 0.29) is 24.8 Å². The second-order valence-electron chi connectivity index (χ2n) is 5.70. The molecule has 2 aliphatic rings. The quantitative estimate of drug-likeness (QED) is 0.915. The molecule has 1 atom stereocenters. The summed E-state index contributed by atoms with van der Waals surface area (Å²) in [4.78, 5) is 2.66. The lowest BCUT2D eigenvalue weighted by Gasteiger charge is -2.43. The molecule has 0 radical (unpaired) electrons. The number of methoxy groups -OCH3 is 1. The van der Waals surface area contributed by atoms with Gasteiger partial charge in [-0.05, 0) is 36.5 Å². The molecule has 3 rings (SSSR count). The molecule has 0 spiro atoms. The molecule has 1 saturated heterocycles. The average molecular weight is 333 g/mol. The molecule has 5 heteroatoms. The predicted molar refractivity (Wildman–Crippen MR) is 92.0 cm³/mol. The molecule has 3 nitrogen and oxygen atoms in total. The number of nitrogens with one attached hydrogen (secondary N) is 1. The Labute approximate surface area is 140 Å². The topological polar surface area (TPSA) is 24.5 Å². The van der Waals surface area contributed by atoms with Crippen LogP contribution in [0.5, 0.6) is 5.75 Å². The fourth-order valence-electron chi connectivity index (χ4n) is 3.32. The maximum absolute atomic E-state index is 5.39. The van der Waals surface area contributed by atoms with Crippen molar-refractivity contribution in [2.24, 2.45) is 5.92 Å². The second kappa shape index (κ2) is 8.84. The minimum Gasteiger partial charge on any atom is -0.497 e. The number of piperazine rings is 1. The lowest BCUT2D eigenvalue weighted by Crippen LogP contribution is -2.47. The van der Waals surface area contributed by atoms with Crippen LogP contribution in [0, 0.1) is 5.92 Å². The number of halogens is 2. The average Bonchev–Trinajstić information content (AvgIpc) is 2.43. The van der Waals surface area contributed by atoms with Gasteiger partial charge in [0.25, 0.3) is 0 Å². The maximum Gasteiger partial charge on any atom is 0.119 e. The summed E-state index contributed by atoms with van der Waals surface area (Å²) < 4.78 is 5.39. The summed E-state index contributed by atoms with van der Waals surface area (Å²) in [6.45, 7) is 4.57. The van der Waals surface area contributed by atoms with E-state index in [1.54, 1.807) is 7.11 Å². The highest BCUT2D eigenvalue weighted by atomic mass is 35.5. The first-order chi connectivity index (χ1) is 9.38. The van der Waals surface area contributed by atoms with Crippen molar-refractivity contribution >= 4 is 24.8 Å². The van der Waals surface area contributed by atoms with Gasteiger partial charge in [0.1, 0.15) is 5.75 Å². The van der Waals surface area contributed by atoms with Crippen LogP contribution in [0.3, 0.4) is 0 Å². The number of benzene rings is 1. The van der Waals surface area contributed by atoms with Crippen molar-refractivity contribution < 1.29 is 4.74 Å². The molecule has 0 unspecified atom stereocenters. The molecule has 0 bridgehead atoms. The molecule has 0 amide bonds. The fraction of sp³-hybridized carbons (Fsp3) is 0.625. The Balaban J connectivity index is 0.00000110. The minimum atomic E-state index is 0. The van der Waals surface area contributed by atoms with Crippen molar-refractivity contribution in [2.45, 2.75) is 25.3 Å². The number of hydrogen-bond donors (Lipinski definition) is 1. The normalized spacial score (nSPS) is 20.6. The van der Waals surface area contributed by atoms with Crippen molar-refractivity contribution in [3.05, 3.63) is 29.8 Å². The molecule has 1 saturated carbocycles. The van der Waals surface area contributed by atoms with Crippen LogP contribution >= 0.6 is 24.8 Å². The Bertz CT molecular complexity index is 420. The van der Waals surface area contributed by atoms with Crippen LogP contribution in [-0.2, 0) is 0 Å². The molecule has 1 aliphatic heterocycles. The molecule has 1 heterocycles. The Kier molecular flexibility index (Phi) is 7.82. The first-order valence-electron chi connectivity index (χ1n) is 7.47. The van der Waals surface area contributed by atoms with Crippen molar-refractivity contribution in [3.63, 3.8) is 0 Å². The lowest BCUT2D eigenvalue weighted by atomic mass is 9.76. The van der Waals surface area contributed by atoms with Crippen LogP contribution in [0.2, 0.25) is 0 Å². The highest BCUT2D eigenvalue weighted by Crippen LogP contribution is 2.42. The summed E-state index contributed by atoms with van der Waals surface area (Å²) in [5.74, 6) is 1.82. The number of ether oxygens (including phenoxy) is 1. The monoisotopic (exact) mass is 332 g/mol. The van der Waals surface area contributed by atoms with Crippen LogP contribution in [0.15, 0.2) is 24.3 Å². The van der Waals surface area contributed by atoms with Crippen LogP contribution < -0.4 is 10.1 Å². The summed E-state index contributed by atoms with van der Waals surface area (Å²) in [7, 11) is 1.75. The van der Waals surface area contributed by atoms with E-state index in [2.05, 4.69) is 28.4 Å². The van der Waals surface area contributed by atoms with E-state index in [0.29, 0.717) is 6.04 Å². The standard InChI is InChI=1S/C16H24N2O.2ClH/c1-19-15-7-3-6-14(12-15)16(13-4-2-5-13)18-10-8-17-9-11-18;;/h3,6-7,12-13,16-17H,2,4-5,8-11H2,1H3;2*1H/t16-;;/m1../s1. The van der Waals surface area contributed by atoms with E-state index in [1.165, 1.54) is 37.9 Å². The van der Waals surface area contributed by atoms with Gasteiger partial charge in [0, 0.05) is 32.2 Å². The van der Waals surface area contributed by atoms with Crippen LogP contribution in [-0.4, -0.2) is 38.2 Å². The minimum absolute atomic E-state index is 0. The van der Waals surface area contributed by atoms with E-state index in [0.717, 1.165) is 24.8 Å². The summed E-state index contributed by atoms with van der Waals surface area (Å²) in [5, 5.41) is 3.45. The largest absolute Gasteiger partial charge is 0.497 e. The van der Waals surface area contributed by atoms with Gasteiger partial charge >= 0.3 is 0 Å². The summed E-state index contributed by atoms with van der Waals surface area (Å²) in [5.41, 5.74) is 1.44. The zero-order chi connectivity index (χ0) is 13.1. The Morgan fingerprint density at radius 1 is 1.19 bits per heavy atom. The summed E-state index contributed by atoms with van der Waals surface area (Å²) in [6.07, 6.45) is 4.16. The van der Waals surface area contributed by atoms with Crippen LogP contribution in [0.4, 0.5) is 0 Å². The fourth-order valence-corrected chi connectivity index (χ4v) is 3.32. The first-order valence-corrected chi connectivity index (χ1v) is 7.47. The van der Waals surface area contributed by atoms with Crippen LogP contribution in [0.25, 0.3) is 0 Å². The SMILES string of the molecule is COc1cccc([C@@H](C2CCC2)N2CCNCC2)c1.Cl.Cl. The molecule has 0 aromatic heterocycles. The van der Waals surface area contributed by atoms with Crippen molar-refractivity contribution in [2.75, 3.05) is 33.3 Å².